The Bertz CT molecular complexity index is 958. The normalized spacial score (nSPS) is 15.0. The van der Waals surface area contributed by atoms with Gasteiger partial charge in [-0.2, -0.15) is 0 Å². The van der Waals surface area contributed by atoms with Crippen LogP contribution in [0, 0.1) is 0 Å². The van der Waals surface area contributed by atoms with Gasteiger partial charge in [0.15, 0.2) is 17.3 Å². The second-order valence-corrected chi connectivity index (χ2v) is 6.37. The maximum Gasteiger partial charge on any atom is 0.183 e. The van der Waals surface area contributed by atoms with Crippen LogP contribution in [0.5, 0.6) is 17.2 Å². The van der Waals surface area contributed by atoms with Crippen LogP contribution >= 0.6 is 15.9 Å². The molecule has 0 saturated heterocycles. The molecule has 3 N–H and O–H groups in total. The second-order valence-electron chi connectivity index (χ2n) is 5.35. The Morgan fingerprint density at radius 2 is 2.18 bits per heavy atom. The van der Waals surface area contributed by atoms with Crippen LogP contribution < -0.4 is 15.2 Å². The van der Waals surface area contributed by atoms with Crippen LogP contribution in [0.3, 0.4) is 0 Å². The summed E-state index contributed by atoms with van der Waals surface area (Å²) < 4.78 is 25.1. The molecule has 28 heavy (non-hydrogen) atoms. The predicted molar refractivity (Wildman–Crippen MR) is 112 cm³/mol. The predicted octanol–water partition coefficient (Wildman–Crippen LogP) is 4.10. The average Bonchev–Trinajstić information content (AvgIpc) is 2.85. The standard InChI is InChI=1S/C19H18BrFN4O3/c1-11(20)4-5-14(12(2)21)25-19(24-10-22)15-9-28-17-7-18(27-3)16(26)6-13(17)8-23-15/h4-10,26H,1H2,2-3H3,(H2,22,24,25)/b5-4-,14-12-. The Labute approximate surface area is 169 Å². The lowest BCUT2D eigenvalue weighted by Crippen LogP contribution is -2.03. The number of hydrogen-bond donors (Lipinski definition) is 2. The summed E-state index contributed by atoms with van der Waals surface area (Å²) in [5.41, 5.74) is 6.12. The van der Waals surface area contributed by atoms with E-state index in [9.17, 15) is 9.50 Å². The van der Waals surface area contributed by atoms with Crippen molar-refractivity contribution in [1.29, 1.82) is 0 Å². The van der Waals surface area contributed by atoms with Crippen LogP contribution in [0.2, 0.25) is 0 Å². The van der Waals surface area contributed by atoms with Gasteiger partial charge in [0.05, 0.1) is 19.1 Å². The lowest BCUT2D eigenvalue weighted by atomic mass is 10.2. The minimum atomic E-state index is -0.535. The zero-order chi connectivity index (χ0) is 20.7. The first kappa shape index (κ1) is 21.1. The van der Waals surface area contributed by atoms with Gasteiger partial charge in [0.25, 0.3) is 0 Å². The minimum absolute atomic E-state index is 0.0124. The number of benzene rings is 1. The number of methoxy groups -OCH3 is 1. The summed E-state index contributed by atoms with van der Waals surface area (Å²) in [6.07, 6.45) is 6.73. The molecule has 1 aromatic carbocycles. The van der Waals surface area contributed by atoms with Crippen LogP contribution in [-0.2, 0) is 0 Å². The zero-order valence-corrected chi connectivity index (χ0v) is 16.8. The van der Waals surface area contributed by atoms with E-state index in [4.69, 9.17) is 15.2 Å². The molecule has 0 bridgehead atoms. The lowest BCUT2D eigenvalue weighted by molar-refractivity contribution is 0.369. The number of fused-ring (bicyclic) bond motifs is 1. The average molecular weight is 449 g/mol. The quantitative estimate of drug-likeness (QED) is 0.401. The number of allylic oxidation sites excluding steroid dienone is 4. The largest absolute Gasteiger partial charge is 0.504 e. The van der Waals surface area contributed by atoms with E-state index in [1.807, 2.05) is 0 Å². The molecule has 2 rings (SSSR count). The van der Waals surface area contributed by atoms with Gasteiger partial charge in [0.2, 0.25) is 0 Å². The third-order valence-electron chi connectivity index (χ3n) is 3.38. The summed E-state index contributed by atoms with van der Waals surface area (Å²) in [7, 11) is 1.43. The van der Waals surface area contributed by atoms with Crippen molar-refractivity contribution in [2.24, 2.45) is 20.7 Å². The van der Waals surface area contributed by atoms with Gasteiger partial charge >= 0.3 is 0 Å². The van der Waals surface area contributed by atoms with Gasteiger partial charge < -0.3 is 20.3 Å². The number of aliphatic imine (C=N–C) groups is 3. The molecule has 1 heterocycles. The molecule has 0 unspecified atom stereocenters. The maximum absolute atomic E-state index is 13.9. The van der Waals surface area contributed by atoms with E-state index < -0.39 is 5.83 Å². The van der Waals surface area contributed by atoms with Crippen molar-refractivity contribution in [3.05, 3.63) is 64.4 Å². The van der Waals surface area contributed by atoms with Crippen LogP contribution in [0.4, 0.5) is 4.39 Å². The molecule has 0 fully saturated rings. The summed E-state index contributed by atoms with van der Waals surface area (Å²) >= 11 is 3.16. The topological polar surface area (TPSA) is 102 Å². The fourth-order valence-electron chi connectivity index (χ4n) is 2.07. The van der Waals surface area contributed by atoms with Gasteiger partial charge in [-0.1, -0.05) is 22.5 Å². The van der Waals surface area contributed by atoms with Crippen molar-refractivity contribution >= 4 is 34.3 Å². The Balaban J connectivity index is 2.47. The van der Waals surface area contributed by atoms with E-state index in [0.29, 0.717) is 15.8 Å². The van der Waals surface area contributed by atoms with Crippen molar-refractivity contribution < 1.29 is 19.0 Å². The SMILES string of the molecule is C=C(Br)/C=C\C(N=C(N=CN)C1=COc2cc(OC)c(O)cc2C=N1)=C(/C)F. The lowest BCUT2D eigenvalue weighted by Gasteiger charge is -2.08. The summed E-state index contributed by atoms with van der Waals surface area (Å²) in [4.78, 5) is 12.4. The zero-order valence-electron chi connectivity index (χ0n) is 15.2. The number of ether oxygens (including phenoxy) is 2. The van der Waals surface area contributed by atoms with Gasteiger partial charge in [-0.15, -0.1) is 0 Å². The van der Waals surface area contributed by atoms with Gasteiger partial charge in [-0.05, 0) is 25.1 Å². The van der Waals surface area contributed by atoms with Crippen LogP contribution in [0.15, 0.2) is 73.8 Å². The van der Waals surface area contributed by atoms with Gasteiger partial charge in [-0.25, -0.2) is 19.4 Å². The molecule has 0 radical (unpaired) electrons. The molecular weight excluding hydrogens is 431 g/mol. The first-order chi connectivity index (χ1) is 13.3. The number of phenolic OH excluding ortho intramolecular Hbond substituents is 1. The fraction of sp³-hybridized carbons (Fsp3) is 0.105. The third kappa shape index (κ3) is 5.40. The van der Waals surface area contributed by atoms with Crippen molar-refractivity contribution in [1.82, 2.24) is 0 Å². The molecule has 1 aromatic rings. The van der Waals surface area contributed by atoms with E-state index in [1.54, 1.807) is 0 Å². The number of hydrogen-bond acceptors (Lipinski definition) is 5. The summed E-state index contributed by atoms with van der Waals surface area (Å²) in [5.74, 6) is 0.0760. The Hall–Kier alpha value is -3.20. The minimum Gasteiger partial charge on any atom is -0.504 e. The molecule has 0 spiro atoms. The molecule has 0 aromatic heterocycles. The highest BCUT2D eigenvalue weighted by Crippen LogP contribution is 2.34. The molecule has 7 nitrogen and oxygen atoms in total. The van der Waals surface area contributed by atoms with Crippen molar-refractivity contribution in [3.63, 3.8) is 0 Å². The molecule has 1 aliphatic rings. The Kier molecular flexibility index (Phi) is 7.28. The van der Waals surface area contributed by atoms with Gasteiger partial charge in [0, 0.05) is 22.3 Å². The first-order valence-corrected chi connectivity index (χ1v) is 8.69. The van der Waals surface area contributed by atoms with E-state index in [-0.39, 0.29) is 28.7 Å². The van der Waals surface area contributed by atoms with Crippen LogP contribution in [-0.4, -0.2) is 30.6 Å². The van der Waals surface area contributed by atoms with Gasteiger partial charge in [0.1, 0.15) is 23.5 Å². The first-order valence-electron chi connectivity index (χ1n) is 7.89. The number of halogens is 2. The monoisotopic (exact) mass is 448 g/mol. The highest BCUT2D eigenvalue weighted by molar-refractivity contribution is 9.11. The molecular formula is C19H18BrFN4O3. The molecule has 0 aliphatic carbocycles. The molecule has 146 valence electrons. The third-order valence-corrected chi connectivity index (χ3v) is 3.64. The Morgan fingerprint density at radius 1 is 1.43 bits per heavy atom. The fourth-order valence-corrected chi connectivity index (χ4v) is 2.20. The number of aromatic hydroxyl groups is 1. The number of nitrogens with two attached hydrogens (primary N) is 1. The van der Waals surface area contributed by atoms with Crippen molar-refractivity contribution in [2.75, 3.05) is 7.11 Å². The van der Waals surface area contributed by atoms with E-state index in [0.717, 1.165) is 6.34 Å². The number of amidine groups is 1. The molecule has 1 aliphatic heterocycles. The molecule has 9 heteroatoms. The van der Waals surface area contributed by atoms with E-state index in [2.05, 4.69) is 37.5 Å². The molecule has 0 saturated carbocycles. The van der Waals surface area contributed by atoms with Crippen LogP contribution in [0.1, 0.15) is 12.5 Å². The number of phenols is 1. The smallest absolute Gasteiger partial charge is 0.183 e. The Morgan fingerprint density at radius 3 is 2.79 bits per heavy atom. The molecule has 0 atom stereocenters. The number of rotatable bonds is 5. The van der Waals surface area contributed by atoms with Crippen molar-refractivity contribution in [3.8, 4) is 17.2 Å². The van der Waals surface area contributed by atoms with Crippen molar-refractivity contribution in [2.45, 2.75) is 6.92 Å². The maximum atomic E-state index is 13.9. The number of nitrogens with zero attached hydrogens (tertiary/aromatic N) is 3. The highest BCUT2D eigenvalue weighted by Gasteiger charge is 2.15. The summed E-state index contributed by atoms with van der Waals surface area (Å²) in [6.45, 7) is 4.91. The summed E-state index contributed by atoms with van der Waals surface area (Å²) in [5, 5.41) is 9.91. The van der Waals surface area contributed by atoms with E-state index >= 15 is 0 Å². The van der Waals surface area contributed by atoms with Crippen LogP contribution in [0.25, 0.3) is 0 Å². The van der Waals surface area contributed by atoms with Gasteiger partial charge in [-0.3, -0.25) is 0 Å². The molecule has 0 amide bonds. The summed E-state index contributed by atoms with van der Waals surface area (Å²) in [6, 6.07) is 2.96. The second kappa shape index (κ2) is 9.65. The highest BCUT2D eigenvalue weighted by atomic mass is 79.9. The van der Waals surface area contributed by atoms with E-state index in [1.165, 1.54) is 50.8 Å².